The van der Waals surface area contributed by atoms with Crippen molar-refractivity contribution in [2.24, 2.45) is 0 Å². The molecular formula is C15H12F2O. The van der Waals surface area contributed by atoms with Crippen molar-refractivity contribution in [1.82, 2.24) is 0 Å². The maximum Gasteiger partial charge on any atom is 0.163 e. The van der Waals surface area contributed by atoms with Gasteiger partial charge in [-0.05, 0) is 24.1 Å². The molecule has 0 fully saturated rings. The standard InChI is InChI=1S/C15H12F2O/c16-13-8-6-11(10-14(13)17)7-9-15(18)12-4-2-1-3-5-12/h1-6,8,10H,7,9H2. The van der Waals surface area contributed by atoms with Crippen LogP contribution in [0.15, 0.2) is 48.5 Å². The van der Waals surface area contributed by atoms with Crippen molar-refractivity contribution in [1.29, 1.82) is 0 Å². The van der Waals surface area contributed by atoms with E-state index in [0.29, 0.717) is 17.5 Å². The van der Waals surface area contributed by atoms with Crippen LogP contribution in [0.25, 0.3) is 0 Å². The van der Waals surface area contributed by atoms with Crippen LogP contribution < -0.4 is 0 Å². The fourth-order valence-corrected chi connectivity index (χ4v) is 1.72. The highest BCUT2D eigenvalue weighted by Gasteiger charge is 2.07. The molecule has 0 spiro atoms. The van der Waals surface area contributed by atoms with E-state index in [1.54, 1.807) is 24.3 Å². The highest BCUT2D eigenvalue weighted by molar-refractivity contribution is 5.96. The van der Waals surface area contributed by atoms with Crippen molar-refractivity contribution in [3.63, 3.8) is 0 Å². The Morgan fingerprint density at radius 3 is 2.33 bits per heavy atom. The van der Waals surface area contributed by atoms with E-state index >= 15 is 0 Å². The van der Waals surface area contributed by atoms with Gasteiger partial charge in [0.15, 0.2) is 17.4 Å². The highest BCUT2D eigenvalue weighted by Crippen LogP contribution is 2.12. The topological polar surface area (TPSA) is 17.1 Å². The summed E-state index contributed by atoms with van der Waals surface area (Å²) in [5.74, 6) is -1.74. The minimum absolute atomic E-state index is 0.000308. The third kappa shape index (κ3) is 3.00. The maximum absolute atomic E-state index is 13.0. The van der Waals surface area contributed by atoms with Crippen molar-refractivity contribution < 1.29 is 13.6 Å². The lowest BCUT2D eigenvalue weighted by Crippen LogP contribution is -2.01. The molecule has 2 rings (SSSR count). The molecule has 3 heteroatoms. The first-order chi connectivity index (χ1) is 8.66. The van der Waals surface area contributed by atoms with E-state index in [1.807, 2.05) is 6.07 Å². The fourth-order valence-electron chi connectivity index (χ4n) is 1.72. The normalized spacial score (nSPS) is 10.3. The molecule has 18 heavy (non-hydrogen) atoms. The van der Waals surface area contributed by atoms with E-state index in [0.717, 1.165) is 12.1 Å². The van der Waals surface area contributed by atoms with E-state index in [9.17, 15) is 13.6 Å². The number of rotatable bonds is 4. The molecule has 0 saturated carbocycles. The maximum atomic E-state index is 13.0. The molecule has 0 bridgehead atoms. The summed E-state index contributed by atoms with van der Waals surface area (Å²) < 4.78 is 25.7. The number of hydrogen-bond donors (Lipinski definition) is 0. The molecule has 0 aliphatic heterocycles. The summed E-state index contributed by atoms with van der Waals surface area (Å²) >= 11 is 0. The zero-order chi connectivity index (χ0) is 13.0. The Morgan fingerprint density at radius 2 is 1.67 bits per heavy atom. The molecule has 0 atom stereocenters. The van der Waals surface area contributed by atoms with Gasteiger partial charge in [0.1, 0.15) is 0 Å². The Balaban J connectivity index is 1.99. The number of hydrogen-bond acceptors (Lipinski definition) is 1. The van der Waals surface area contributed by atoms with Gasteiger partial charge in [-0.25, -0.2) is 8.78 Å². The quantitative estimate of drug-likeness (QED) is 0.750. The summed E-state index contributed by atoms with van der Waals surface area (Å²) in [5.41, 5.74) is 1.26. The summed E-state index contributed by atoms with van der Waals surface area (Å²) in [6, 6.07) is 12.6. The first-order valence-electron chi connectivity index (χ1n) is 5.69. The molecule has 92 valence electrons. The largest absolute Gasteiger partial charge is 0.294 e. The Morgan fingerprint density at radius 1 is 0.944 bits per heavy atom. The van der Waals surface area contributed by atoms with Gasteiger partial charge in [0, 0.05) is 12.0 Å². The summed E-state index contributed by atoms with van der Waals surface area (Å²) in [6.07, 6.45) is 0.694. The minimum atomic E-state index is -0.875. The van der Waals surface area contributed by atoms with Gasteiger partial charge in [0.05, 0.1) is 0 Å². The fraction of sp³-hybridized carbons (Fsp3) is 0.133. The van der Waals surface area contributed by atoms with E-state index < -0.39 is 11.6 Å². The number of carbonyl (C=O) groups excluding carboxylic acids is 1. The lowest BCUT2D eigenvalue weighted by molar-refractivity contribution is 0.0983. The van der Waals surface area contributed by atoms with Gasteiger partial charge in [0.25, 0.3) is 0 Å². The zero-order valence-corrected chi connectivity index (χ0v) is 9.70. The van der Waals surface area contributed by atoms with Crippen molar-refractivity contribution in [2.75, 3.05) is 0 Å². The smallest absolute Gasteiger partial charge is 0.163 e. The lowest BCUT2D eigenvalue weighted by atomic mass is 10.0. The Kier molecular flexibility index (Phi) is 3.82. The molecule has 0 saturated heterocycles. The molecule has 0 aliphatic rings. The second-order valence-corrected chi connectivity index (χ2v) is 4.04. The van der Waals surface area contributed by atoms with E-state index in [2.05, 4.69) is 0 Å². The van der Waals surface area contributed by atoms with Crippen LogP contribution in [0.3, 0.4) is 0 Å². The predicted octanol–water partition coefficient (Wildman–Crippen LogP) is 3.78. The average Bonchev–Trinajstić information content (AvgIpc) is 2.41. The highest BCUT2D eigenvalue weighted by atomic mass is 19.2. The zero-order valence-electron chi connectivity index (χ0n) is 9.70. The molecular weight excluding hydrogens is 234 g/mol. The number of Topliss-reactive ketones (excluding diaryl/α,β-unsaturated/α-hetero) is 1. The van der Waals surface area contributed by atoms with Gasteiger partial charge < -0.3 is 0 Å². The second kappa shape index (κ2) is 5.54. The molecule has 0 radical (unpaired) electrons. The SMILES string of the molecule is O=C(CCc1ccc(F)c(F)c1)c1ccccc1. The monoisotopic (exact) mass is 246 g/mol. The number of carbonyl (C=O) groups is 1. The van der Waals surface area contributed by atoms with Crippen molar-refractivity contribution in [2.45, 2.75) is 12.8 Å². The summed E-state index contributed by atoms with van der Waals surface area (Å²) in [4.78, 5) is 11.8. The molecule has 0 aromatic heterocycles. The number of benzene rings is 2. The first kappa shape index (κ1) is 12.4. The Hall–Kier alpha value is -2.03. The molecule has 0 aliphatic carbocycles. The van der Waals surface area contributed by atoms with Crippen LogP contribution in [-0.2, 0) is 6.42 Å². The third-order valence-electron chi connectivity index (χ3n) is 2.72. The first-order valence-corrected chi connectivity index (χ1v) is 5.69. The van der Waals surface area contributed by atoms with Gasteiger partial charge in [-0.15, -0.1) is 0 Å². The van der Waals surface area contributed by atoms with Crippen molar-refractivity contribution in [3.05, 3.63) is 71.3 Å². The summed E-state index contributed by atoms with van der Waals surface area (Å²) in [7, 11) is 0. The second-order valence-electron chi connectivity index (χ2n) is 4.04. The van der Waals surface area contributed by atoms with Gasteiger partial charge in [-0.3, -0.25) is 4.79 Å². The van der Waals surface area contributed by atoms with Crippen LogP contribution >= 0.6 is 0 Å². The number of aryl methyl sites for hydroxylation is 1. The van der Waals surface area contributed by atoms with E-state index in [1.165, 1.54) is 6.07 Å². The molecule has 1 nitrogen and oxygen atoms in total. The molecule has 0 N–H and O–H groups in total. The van der Waals surface area contributed by atoms with E-state index in [-0.39, 0.29) is 12.2 Å². The third-order valence-corrected chi connectivity index (χ3v) is 2.72. The number of halogens is 2. The number of ketones is 1. The van der Waals surface area contributed by atoms with Gasteiger partial charge in [0.2, 0.25) is 0 Å². The Labute approximate surface area is 104 Å². The lowest BCUT2D eigenvalue weighted by Gasteiger charge is -2.02. The molecule has 2 aromatic rings. The van der Waals surface area contributed by atoms with Gasteiger partial charge in [-0.2, -0.15) is 0 Å². The van der Waals surface area contributed by atoms with Crippen molar-refractivity contribution in [3.8, 4) is 0 Å². The van der Waals surface area contributed by atoms with Gasteiger partial charge in [-0.1, -0.05) is 36.4 Å². The molecule has 2 aromatic carbocycles. The van der Waals surface area contributed by atoms with Crippen LogP contribution in [0.1, 0.15) is 22.3 Å². The van der Waals surface area contributed by atoms with Crippen LogP contribution in [0.5, 0.6) is 0 Å². The van der Waals surface area contributed by atoms with Crippen molar-refractivity contribution >= 4 is 5.78 Å². The summed E-state index contributed by atoms with van der Waals surface area (Å²) in [5, 5.41) is 0. The molecule has 0 heterocycles. The van der Waals surface area contributed by atoms with E-state index in [4.69, 9.17) is 0 Å². The van der Waals surface area contributed by atoms with Crippen LogP contribution in [0, 0.1) is 11.6 Å². The Bertz CT molecular complexity index is 550. The minimum Gasteiger partial charge on any atom is -0.294 e. The van der Waals surface area contributed by atoms with Gasteiger partial charge >= 0.3 is 0 Å². The van der Waals surface area contributed by atoms with Crippen LogP contribution in [-0.4, -0.2) is 5.78 Å². The summed E-state index contributed by atoms with van der Waals surface area (Å²) in [6.45, 7) is 0. The van der Waals surface area contributed by atoms with Crippen LogP contribution in [0.2, 0.25) is 0 Å². The molecule has 0 amide bonds. The van der Waals surface area contributed by atoms with Crippen LogP contribution in [0.4, 0.5) is 8.78 Å². The molecule has 0 unspecified atom stereocenters. The predicted molar refractivity (Wildman–Crippen MR) is 65.5 cm³/mol. The average molecular weight is 246 g/mol.